The van der Waals surface area contributed by atoms with Crippen molar-refractivity contribution >= 4 is 63.6 Å². The van der Waals surface area contributed by atoms with Gasteiger partial charge in [0.15, 0.2) is 10.3 Å². The molecule has 81 heavy (non-hydrogen) atoms. The number of carbonyl (C=O) groups excluding carboxylic acids is 3. The van der Waals surface area contributed by atoms with E-state index in [1.54, 1.807) is 98.2 Å². The molecule has 4 aromatic carbocycles. The number of nitriles is 2. The quantitative estimate of drug-likeness (QED) is 0.0223. The molecule has 7 rings (SSSR count). The Kier molecular flexibility index (Phi) is 22.8. The normalized spacial score (nSPS) is 15.5. The van der Waals surface area contributed by atoms with E-state index < -0.39 is 54.0 Å². The minimum absolute atomic E-state index is 0.0851. The first-order valence-corrected chi connectivity index (χ1v) is 28.1. The van der Waals surface area contributed by atoms with Gasteiger partial charge in [-0.3, -0.25) is 9.80 Å². The van der Waals surface area contributed by atoms with Crippen LogP contribution >= 0.6 is 23.5 Å². The molecular weight excluding hydrogens is 1090 g/mol. The monoisotopic (exact) mass is 1150 g/mol. The molecule has 0 N–H and O–H groups in total. The third kappa shape index (κ3) is 16.6. The Balaban J connectivity index is 0.00000344. The number of carboxylic acid groups (broad SMARTS) is 1. The number of aliphatic imine (C=N–C) groups is 2. The van der Waals surface area contributed by atoms with Crippen molar-refractivity contribution in [2.24, 2.45) is 9.98 Å². The van der Waals surface area contributed by atoms with Crippen LogP contribution in [0.25, 0.3) is 0 Å². The predicted octanol–water partition coefficient (Wildman–Crippen LogP) is 12.0. The van der Waals surface area contributed by atoms with E-state index in [1.165, 1.54) is 35.7 Å². The molecule has 0 radical (unpaired) electrons. The van der Waals surface area contributed by atoms with Gasteiger partial charge in [-0.05, 0) is 138 Å². The molecule has 0 saturated heterocycles. The van der Waals surface area contributed by atoms with Gasteiger partial charge in [0.2, 0.25) is 6.33 Å². The SMILES string of the molecule is CCOC(=O)C1=C(C)N(c2cccc(C(F)(F)F)c2)C(SCCCCCCn2cc[n+](CCCCCSC3=NC(c4ccc(C#N)cc4)C(C(=O)OCC)=C(C)N3c3cccc(C(F)(F)F)c3)c2)=NC1c1ccc(C#N)cc1.O=C[O-]. The third-order valence-corrected chi connectivity index (χ3v) is 15.1. The van der Waals surface area contributed by atoms with Crippen LogP contribution in [0.15, 0.2) is 148 Å². The number of rotatable bonds is 21. The van der Waals surface area contributed by atoms with E-state index in [4.69, 9.17) is 29.4 Å². The maximum absolute atomic E-state index is 14.0. The molecule has 3 heterocycles. The van der Waals surface area contributed by atoms with Crippen molar-refractivity contribution in [2.75, 3.05) is 34.5 Å². The smallest absolute Gasteiger partial charge is 0.416 e. The number of unbranched alkanes of at least 4 members (excludes halogenated alkanes) is 5. The second-order valence-electron chi connectivity index (χ2n) is 18.5. The molecule has 22 heteroatoms. The molecule has 2 atom stereocenters. The summed E-state index contributed by atoms with van der Waals surface area (Å²) < 4.78 is 98.9. The molecule has 2 aliphatic rings. The van der Waals surface area contributed by atoms with Crippen molar-refractivity contribution in [1.29, 1.82) is 10.5 Å². The second-order valence-corrected chi connectivity index (χ2v) is 20.6. The molecule has 1 aromatic heterocycles. The Bertz CT molecular complexity index is 3200. The predicted molar refractivity (Wildman–Crippen MR) is 297 cm³/mol. The lowest BCUT2D eigenvalue weighted by Gasteiger charge is -2.35. The summed E-state index contributed by atoms with van der Waals surface area (Å²) in [7, 11) is 0. The van der Waals surface area contributed by atoms with Crippen LogP contribution in [-0.2, 0) is 49.3 Å². The molecule has 0 spiro atoms. The number of ether oxygens (including phenoxy) is 2. The van der Waals surface area contributed by atoms with E-state index in [-0.39, 0.29) is 35.7 Å². The number of imidazole rings is 1. The zero-order valence-corrected chi connectivity index (χ0v) is 46.6. The summed E-state index contributed by atoms with van der Waals surface area (Å²) >= 11 is 2.81. The Morgan fingerprint density at radius 3 is 1.49 bits per heavy atom. The lowest BCUT2D eigenvalue weighted by Crippen LogP contribution is -2.35. The van der Waals surface area contributed by atoms with Gasteiger partial charge in [-0.1, -0.05) is 66.3 Å². The molecule has 14 nitrogen and oxygen atoms in total. The van der Waals surface area contributed by atoms with Gasteiger partial charge in [-0.25, -0.2) is 28.7 Å². The second kappa shape index (κ2) is 29.6. The van der Waals surface area contributed by atoms with Crippen LogP contribution in [0.3, 0.4) is 0 Å². The van der Waals surface area contributed by atoms with Gasteiger partial charge in [0.25, 0.3) is 0 Å². The van der Waals surface area contributed by atoms with Crippen molar-refractivity contribution in [3.63, 3.8) is 0 Å². The minimum Gasteiger partial charge on any atom is -0.554 e. The first kappa shape index (κ1) is 62.4. The van der Waals surface area contributed by atoms with Crippen molar-refractivity contribution in [2.45, 2.75) is 110 Å². The molecule has 0 aliphatic carbocycles. The van der Waals surface area contributed by atoms with Crippen molar-refractivity contribution in [1.82, 2.24) is 4.57 Å². The Morgan fingerprint density at radius 1 is 0.667 bits per heavy atom. The minimum atomic E-state index is -4.59. The first-order valence-electron chi connectivity index (χ1n) is 26.1. The van der Waals surface area contributed by atoms with E-state index in [2.05, 4.69) is 27.6 Å². The average Bonchev–Trinajstić information content (AvgIpc) is 3.73. The lowest BCUT2D eigenvalue weighted by atomic mass is 9.95. The summed E-state index contributed by atoms with van der Waals surface area (Å²) in [6, 6.07) is 25.8. The fourth-order valence-corrected chi connectivity index (χ4v) is 11.3. The van der Waals surface area contributed by atoms with E-state index in [1.807, 2.05) is 12.4 Å². The summed E-state index contributed by atoms with van der Waals surface area (Å²) in [5, 5.41) is 27.9. The summed E-state index contributed by atoms with van der Waals surface area (Å²) in [6.07, 6.45) is 3.04. The van der Waals surface area contributed by atoms with Crippen LogP contribution in [-0.4, -0.2) is 58.0 Å². The Morgan fingerprint density at radius 2 is 1.09 bits per heavy atom. The first-order chi connectivity index (χ1) is 38.9. The van der Waals surface area contributed by atoms with Crippen LogP contribution < -0.4 is 19.5 Å². The molecular formula is C59H60F6N8O6S2. The van der Waals surface area contributed by atoms with Crippen LogP contribution in [0.2, 0.25) is 0 Å². The van der Waals surface area contributed by atoms with E-state index in [0.717, 1.165) is 82.3 Å². The number of hydrogen-bond acceptors (Lipinski definition) is 14. The molecule has 0 amide bonds. The number of halogens is 6. The standard InChI is InChI=1S/C58H59F6N8O4S2.CH2O2/c1-5-75-53(73)49-39(3)71(47-18-14-16-45(34-47)57(59,60)61)55(67-51(49)43-24-20-41(36-65)21-25-43)77-32-12-8-7-10-28-69-30-31-70(38-69)29-11-9-13-33-78-56-68-52(44-26-22-42(37-66)23-27-44)50(54(74)76-6-2)40(4)72(56)48-19-15-17-46(35-48)58(62,63)64;2-1-3/h14-27,30-31,34-35,38,51-52H,5-13,28-29,32-33H2,1-4H3;1H,(H,2,3)/q+1;/p-1. The summed E-state index contributed by atoms with van der Waals surface area (Å²) in [5.41, 5.74) is 2.07. The Labute approximate surface area is 475 Å². The molecule has 0 fully saturated rings. The van der Waals surface area contributed by atoms with Gasteiger partial charge in [0, 0.05) is 40.7 Å². The highest BCUT2D eigenvalue weighted by molar-refractivity contribution is 8.14. The molecule has 0 bridgehead atoms. The number of carbonyl (C=O) groups is 3. The van der Waals surface area contributed by atoms with E-state index in [0.29, 0.717) is 55.5 Å². The largest absolute Gasteiger partial charge is 0.554 e. The van der Waals surface area contributed by atoms with E-state index in [9.17, 15) is 46.5 Å². The third-order valence-electron chi connectivity index (χ3n) is 13.0. The lowest BCUT2D eigenvalue weighted by molar-refractivity contribution is -0.696. The molecule has 5 aromatic rings. The summed E-state index contributed by atoms with van der Waals surface area (Å²) in [6.45, 7) is 7.97. The zero-order chi connectivity index (χ0) is 58.7. The van der Waals surface area contributed by atoms with Crippen molar-refractivity contribution < 1.29 is 59.9 Å². The van der Waals surface area contributed by atoms with Crippen molar-refractivity contribution in [3.05, 3.63) is 172 Å². The number of nitrogens with zero attached hydrogens (tertiary/aromatic N) is 8. The summed E-state index contributed by atoms with van der Waals surface area (Å²) in [5.74, 6) is -0.0387. The van der Waals surface area contributed by atoms with Crippen molar-refractivity contribution in [3.8, 4) is 12.1 Å². The van der Waals surface area contributed by atoms with Gasteiger partial charge in [0.05, 0.1) is 71.8 Å². The number of thioether (sulfide) groups is 2. The number of amidine groups is 2. The zero-order valence-electron chi connectivity index (χ0n) is 45.0. The van der Waals surface area contributed by atoms with Gasteiger partial charge in [-0.2, -0.15) is 36.9 Å². The highest BCUT2D eigenvalue weighted by Crippen LogP contribution is 2.43. The fourth-order valence-electron chi connectivity index (χ4n) is 9.10. The topological polar surface area (TPSA) is 180 Å². The van der Waals surface area contributed by atoms with Gasteiger partial charge >= 0.3 is 24.3 Å². The number of aryl methyl sites for hydroxylation is 2. The fraction of sp³-hybridized carbons (Fsp3) is 0.356. The van der Waals surface area contributed by atoms with Crippen LogP contribution in [0.1, 0.15) is 118 Å². The Hall–Kier alpha value is -7.82. The average molecular weight is 1160 g/mol. The molecule has 2 aliphatic heterocycles. The number of aromatic nitrogens is 2. The van der Waals surface area contributed by atoms with E-state index >= 15 is 0 Å². The number of hydrogen-bond donors (Lipinski definition) is 0. The molecule has 0 saturated carbocycles. The molecule has 2 unspecified atom stereocenters. The van der Waals surface area contributed by atoms with Crippen LogP contribution in [0.4, 0.5) is 37.7 Å². The molecule has 426 valence electrons. The maximum atomic E-state index is 14.0. The van der Waals surface area contributed by atoms with Gasteiger partial charge < -0.3 is 19.4 Å². The van der Waals surface area contributed by atoms with Crippen LogP contribution in [0.5, 0.6) is 0 Å². The summed E-state index contributed by atoms with van der Waals surface area (Å²) in [4.78, 5) is 48.5. The number of benzene rings is 4. The number of esters is 2. The maximum Gasteiger partial charge on any atom is 0.416 e. The highest BCUT2D eigenvalue weighted by Gasteiger charge is 2.39. The number of allylic oxidation sites excluding steroid dienone is 2. The highest BCUT2D eigenvalue weighted by atomic mass is 32.2. The number of anilines is 2. The van der Waals surface area contributed by atoms with Gasteiger partial charge in [0.1, 0.15) is 24.5 Å². The van der Waals surface area contributed by atoms with Gasteiger partial charge in [-0.15, -0.1) is 0 Å². The van der Waals surface area contributed by atoms with Crippen LogP contribution in [0, 0.1) is 22.7 Å². The number of alkyl halides is 6.